The Labute approximate surface area is 167 Å². The first kappa shape index (κ1) is 17.8. The van der Waals surface area contributed by atoms with E-state index in [0.29, 0.717) is 23.3 Å². The van der Waals surface area contributed by atoms with Gasteiger partial charge >= 0.3 is 0 Å². The number of hydrogen-bond acceptors (Lipinski definition) is 9. The van der Waals surface area contributed by atoms with Gasteiger partial charge in [-0.05, 0) is 36.8 Å². The van der Waals surface area contributed by atoms with Crippen LogP contribution in [-0.2, 0) is 0 Å². The van der Waals surface area contributed by atoms with Gasteiger partial charge in [0.2, 0.25) is 17.9 Å². The zero-order chi connectivity index (χ0) is 19.3. The van der Waals surface area contributed by atoms with Crippen LogP contribution in [0, 0.1) is 11.8 Å². The predicted octanol–water partition coefficient (Wildman–Crippen LogP) is 1.99. The number of fused-ring (bicyclic) bond motifs is 2. The fourth-order valence-electron chi connectivity index (χ4n) is 4.32. The molecule has 0 spiro atoms. The minimum Gasteiger partial charge on any atom is -0.488 e. The van der Waals surface area contributed by atoms with Crippen molar-refractivity contribution in [3.05, 3.63) is 18.2 Å². The number of aliphatic hydroxyl groups excluding tert-OH is 1. The molecule has 1 aliphatic carbocycles. The molecule has 0 radical (unpaired) electrons. The minimum atomic E-state index is -0.474. The first-order valence-corrected chi connectivity index (χ1v) is 10.3. The molecule has 0 unspecified atom stereocenters. The molecule has 3 aliphatic rings. The molecule has 5 rings (SSSR count). The molecular formula is C19H24N4O4S. The molecule has 1 saturated carbocycles. The topological polar surface area (TPSA) is 80.2 Å². The first-order chi connectivity index (χ1) is 13.6. The molecule has 3 heterocycles. The first-order valence-electron chi connectivity index (χ1n) is 9.57. The number of ether oxygens (including phenoxy) is 3. The maximum Gasteiger partial charge on any atom is 0.238 e. The Hall–Kier alpha value is -2.26. The lowest BCUT2D eigenvalue weighted by molar-refractivity contribution is -0.0232. The molecule has 2 aromatic rings. The van der Waals surface area contributed by atoms with Gasteiger partial charge in [0.25, 0.3) is 0 Å². The Kier molecular flexibility index (Phi) is 4.43. The fraction of sp³-hybridized carbons (Fsp3) is 0.579. The molecule has 1 saturated heterocycles. The van der Waals surface area contributed by atoms with E-state index in [9.17, 15) is 5.11 Å². The average molecular weight is 404 g/mol. The van der Waals surface area contributed by atoms with E-state index in [-0.39, 0.29) is 12.9 Å². The molecule has 150 valence electrons. The Morgan fingerprint density at radius 3 is 2.75 bits per heavy atom. The lowest BCUT2D eigenvalue weighted by Crippen LogP contribution is -2.42. The molecule has 1 N–H and O–H groups in total. The molecule has 8 nitrogen and oxygen atoms in total. The number of rotatable bonds is 4. The van der Waals surface area contributed by atoms with Crippen molar-refractivity contribution >= 4 is 22.6 Å². The van der Waals surface area contributed by atoms with Crippen molar-refractivity contribution in [1.29, 1.82) is 0 Å². The Balaban J connectivity index is 1.26. The second-order valence-electron chi connectivity index (χ2n) is 7.91. The highest BCUT2D eigenvalue weighted by Gasteiger charge is 2.43. The van der Waals surface area contributed by atoms with Crippen molar-refractivity contribution in [2.45, 2.75) is 25.0 Å². The van der Waals surface area contributed by atoms with E-state index in [2.05, 4.69) is 14.3 Å². The fourth-order valence-corrected chi connectivity index (χ4v) is 5.07. The zero-order valence-corrected chi connectivity index (χ0v) is 16.8. The third kappa shape index (κ3) is 3.22. The second kappa shape index (κ2) is 6.97. The van der Waals surface area contributed by atoms with Crippen molar-refractivity contribution in [2.75, 3.05) is 43.8 Å². The van der Waals surface area contributed by atoms with Crippen molar-refractivity contribution in [3.63, 3.8) is 0 Å². The molecule has 4 atom stereocenters. The summed E-state index contributed by atoms with van der Waals surface area (Å²) in [6.45, 7) is 2.09. The normalized spacial score (nSPS) is 28.3. The van der Waals surface area contributed by atoms with Crippen LogP contribution in [0.1, 0.15) is 12.8 Å². The van der Waals surface area contributed by atoms with Gasteiger partial charge in [0.05, 0.1) is 6.10 Å². The van der Waals surface area contributed by atoms with Crippen molar-refractivity contribution in [3.8, 4) is 17.2 Å². The largest absolute Gasteiger partial charge is 0.488 e. The summed E-state index contributed by atoms with van der Waals surface area (Å²) in [7, 11) is 3.90. The van der Waals surface area contributed by atoms with Crippen molar-refractivity contribution in [2.24, 2.45) is 11.8 Å². The van der Waals surface area contributed by atoms with Crippen molar-refractivity contribution < 1.29 is 19.3 Å². The summed E-state index contributed by atoms with van der Waals surface area (Å²) in [6.07, 6.45) is 0.887. The second-order valence-corrected chi connectivity index (χ2v) is 8.64. The molecule has 1 aromatic carbocycles. The Morgan fingerprint density at radius 1 is 1.18 bits per heavy atom. The number of nitrogens with zero attached hydrogens (tertiary/aromatic N) is 4. The summed E-state index contributed by atoms with van der Waals surface area (Å²) in [6, 6.07) is 5.56. The van der Waals surface area contributed by atoms with E-state index < -0.39 is 6.10 Å². The van der Waals surface area contributed by atoms with Crippen LogP contribution in [0.5, 0.6) is 17.2 Å². The van der Waals surface area contributed by atoms with E-state index in [4.69, 9.17) is 14.2 Å². The summed E-state index contributed by atoms with van der Waals surface area (Å²) in [4.78, 5) is 8.85. The monoisotopic (exact) mass is 404 g/mol. The predicted molar refractivity (Wildman–Crippen MR) is 106 cm³/mol. The Morgan fingerprint density at radius 2 is 1.96 bits per heavy atom. The standard InChI is InChI=1S/C19H24N4O4S/c1-22(2)18-20-19(28-21-18)23-8-11-5-14(24)16(6-12(11)9-23)27-13-3-4-15-17(7-13)26-10-25-15/h3-4,7,11-12,14,16,24H,5-6,8-10H2,1-2H3/t11-,12+,14+,16+/m0/s1. The van der Waals surface area contributed by atoms with Gasteiger partial charge < -0.3 is 29.1 Å². The van der Waals surface area contributed by atoms with E-state index >= 15 is 0 Å². The quantitative estimate of drug-likeness (QED) is 0.829. The summed E-state index contributed by atoms with van der Waals surface area (Å²) < 4.78 is 21.3. The van der Waals surface area contributed by atoms with Crippen LogP contribution in [-0.4, -0.2) is 60.6 Å². The zero-order valence-electron chi connectivity index (χ0n) is 15.9. The average Bonchev–Trinajstić information content (AvgIpc) is 3.40. The van der Waals surface area contributed by atoms with Gasteiger partial charge in [-0.1, -0.05) is 0 Å². The summed E-state index contributed by atoms with van der Waals surface area (Å²) in [5, 5.41) is 11.6. The molecule has 0 bridgehead atoms. The van der Waals surface area contributed by atoms with E-state index in [1.54, 1.807) is 0 Å². The molecule has 2 aliphatic heterocycles. The van der Waals surface area contributed by atoms with E-state index in [1.807, 2.05) is 37.2 Å². The maximum atomic E-state index is 10.7. The van der Waals surface area contributed by atoms with Gasteiger partial charge in [0.15, 0.2) is 11.5 Å². The van der Waals surface area contributed by atoms with Crippen LogP contribution in [0.3, 0.4) is 0 Å². The molecule has 9 heteroatoms. The van der Waals surface area contributed by atoms with Crippen molar-refractivity contribution in [1.82, 2.24) is 9.36 Å². The third-order valence-electron chi connectivity index (χ3n) is 5.79. The molecule has 1 aromatic heterocycles. The van der Waals surface area contributed by atoms with Crippen LogP contribution in [0.25, 0.3) is 0 Å². The van der Waals surface area contributed by atoms with Gasteiger partial charge in [0, 0.05) is 44.8 Å². The smallest absolute Gasteiger partial charge is 0.238 e. The van der Waals surface area contributed by atoms with Crippen LogP contribution >= 0.6 is 11.5 Å². The molecular weight excluding hydrogens is 380 g/mol. The van der Waals surface area contributed by atoms with Gasteiger partial charge in [-0.3, -0.25) is 0 Å². The number of aliphatic hydroxyl groups is 1. The van der Waals surface area contributed by atoms with Gasteiger partial charge in [0.1, 0.15) is 11.9 Å². The summed E-state index contributed by atoms with van der Waals surface area (Å²) >= 11 is 1.44. The SMILES string of the molecule is CN(C)c1nsc(N2C[C@H]3C[C@@H](Oc4ccc5c(c4)OCO5)[C@H](O)C[C@H]3C2)n1. The highest BCUT2D eigenvalue weighted by atomic mass is 32.1. The minimum absolute atomic E-state index is 0.215. The van der Waals surface area contributed by atoms with Gasteiger partial charge in [-0.15, -0.1) is 0 Å². The Bertz CT molecular complexity index is 860. The number of benzene rings is 1. The summed E-state index contributed by atoms with van der Waals surface area (Å²) in [5.41, 5.74) is 0. The number of aromatic nitrogens is 2. The van der Waals surface area contributed by atoms with E-state index in [1.165, 1.54) is 11.5 Å². The molecule has 28 heavy (non-hydrogen) atoms. The third-order valence-corrected chi connectivity index (χ3v) is 6.56. The van der Waals surface area contributed by atoms with Crippen LogP contribution in [0.15, 0.2) is 18.2 Å². The highest BCUT2D eigenvalue weighted by molar-refractivity contribution is 7.09. The molecule has 2 fully saturated rings. The van der Waals surface area contributed by atoms with Crippen LogP contribution in [0.2, 0.25) is 0 Å². The number of anilines is 2. The highest BCUT2D eigenvalue weighted by Crippen LogP contribution is 2.41. The van der Waals surface area contributed by atoms with E-state index in [0.717, 1.165) is 42.8 Å². The molecule has 0 amide bonds. The number of hydrogen-bond donors (Lipinski definition) is 1. The van der Waals surface area contributed by atoms with Crippen LogP contribution in [0.4, 0.5) is 11.1 Å². The lowest BCUT2D eigenvalue weighted by Gasteiger charge is -2.35. The maximum absolute atomic E-state index is 10.7. The van der Waals surface area contributed by atoms with Gasteiger partial charge in [-0.2, -0.15) is 9.36 Å². The van der Waals surface area contributed by atoms with Crippen LogP contribution < -0.4 is 24.0 Å². The van der Waals surface area contributed by atoms with Gasteiger partial charge in [-0.25, -0.2) is 0 Å². The summed E-state index contributed by atoms with van der Waals surface area (Å²) in [5.74, 6) is 3.82. The lowest BCUT2D eigenvalue weighted by atomic mass is 9.78.